The fourth-order valence-corrected chi connectivity index (χ4v) is 4.92. The number of carboxylic acid groups (broad SMARTS) is 2. The van der Waals surface area contributed by atoms with Gasteiger partial charge in [0, 0.05) is 61.8 Å². The molecular formula is C34H38F2N10O6S. The molecule has 4 rings (SSSR count). The molecule has 0 unspecified atom stereocenters. The molecule has 2 aromatic heterocycles. The average molecular weight is 753 g/mol. The molecule has 0 saturated heterocycles. The number of carbonyl (C=O) groups excluding carboxylic acids is 2. The van der Waals surface area contributed by atoms with Crippen LogP contribution >= 0.6 is 11.8 Å². The molecule has 2 heterocycles. The normalized spacial score (nSPS) is 11.7. The third-order valence-corrected chi connectivity index (χ3v) is 7.69. The lowest BCUT2D eigenvalue weighted by Gasteiger charge is -2.12. The minimum absolute atomic E-state index is 0.128. The van der Waals surface area contributed by atoms with Crippen molar-refractivity contribution in [3.63, 3.8) is 0 Å². The maximum Gasteiger partial charge on any atom is 0.337 e. The van der Waals surface area contributed by atoms with Crippen LogP contribution < -0.4 is 33.6 Å². The van der Waals surface area contributed by atoms with Gasteiger partial charge in [-0.05, 0) is 59.7 Å². The number of rotatable bonds is 14. The predicted molar refractivity (Wildman–Crippen MR) is 199 cm³/mol. The largest absolute Gasteiger partial charge is 0.478 e. The second-order valence-electron chi connectivity index (χ2n) is 10.3. The van der Waals surface area contributed by atoms with E-state index in [1.165, 1.54) is 62.3 Å². The van der Waals surface area contributed by atoms with Crippen LogP contribution in [-0.2, 0) is 21.1 Å². The molecule has 0 fully saturated rings. The Morgan fingerprint density at radius 2 is 1.09 bits per heavy atom. The van der Waals surface area contributed by atoms with Crippen LogP contribution in [0.5, 0.6) is 0 Å². The average Bonchev–Trinajstić information content (AvgIpc) is 3.90. The van der Waals surface area contributed by atoms with Crippen LogP contribution in [0, 0.1) is 11.6 Å². The Balaban J connectivity index is 0.000000311. The number of carboxylic acids is 2. The van der Waals surface area contributed by atoms with E-state index in [0.717, 1.165) is 12.1 Å². The van der Waals surface area contributed by atoms with Crippen LogP contribution in [0.2, 0.25) is 0 Å². The molecule has 53 heavy (non-hydrogen) atoms. The molecule has 0 saturated carbocycles. The first-order chi connectivity index (χ1) is 25.3. The molecule has 0 atom stereocenters. The minimum Gasteiger partial charge on any atom is -0.478 e. The number of benzene rings is 2. The van der Waals surface area contributed by atoms with Crippen molar-refractivity contribution in [1.82, 2.24) is 19.1 Å². The molecule has 4 aromatic rings. The summed E-state index contributed by atoms with van der Waals surface area (Å²) in [4.78, 5) is 50.1. The molecule has 0 aliphatic rings. The number of aldehydes is 2. The summed E-state index contributed by atoms with van der Waals surface area (Å²) < 4.78 is 31.5. The van der Waals surface area contributed by atoms with E-state index in [1.54, 1.807) is 46.6 Å². The molecule has 0 aliphatic heterocycles. The highest BCUT2D eigenvalue weighted by Crippen LogP contribution is 2.28. The second-order valence-corrected chi connectivity index (χ2v) is 11.3. The van der Waals surface area contributed by atoms with Crippen LogP contribution in [0.15, 0.2) is 97.4 Å². The fraction of sp³-hybridized carbons (Fsp3) is 0.118. The van der Waals surface area contributed by atoms with Crippen molar-refractivity contribution >= 4 is 59.3 Å². The molecule has 0 radical (unpaired) electrons. The molecular weight excluding hydrogens is 715 g/mol. The summed E-state index contributed by atoms with van der Waals surface area (Å²) in [6.45, 7) is 0. The van der Waals surface area contributed by atoms with E-state index in [2.05, 4.69) is 20.6 Å². The predicted octanol–water partition coefficient (Wildman–Crippen LogP) is 3.24. The fourth-order valence-electron chi connectivity index (χ4n) is 3.93. The standard InChI is InChI=1S/C18H18F2N2O4S.2C8H10N4O/c1-21-15-3-9(13(19)5-11(15)17(23)24)7-27-8-10-4-16(22-2)12(18(25)26)6-14(10)20;2*9-7(5-13)1-2-8(10)12-4-3-11-6-12/h3-6,21-22H,7-8H2,1-2H3,(H,23,24)(H,25,26);2*1-6H,9-10H2/b;2*7-1-,8-2+. The van der Waals surface area contributed by atoms with Crippen molar-refractivity contribution in [2.45, 2.75) is 11.5 Å². The number of imidazole rings is 2. The summed E-state index contributed by atoms with van der Waals surface area (Å²) in [6.07, 6.45) is 16.7. The number of anilines is 2. The smallest absolute Gasteiger partial charge is 0.337 e. The summed E-state index contributed by atoms with van der Waals surface area (Å²) in [7, 11) is 3.07. The summed E-state index contributed by atoms with van der Waals surface area (Å²) in [5.74, 6) is -2.52. The number of aromatic nitrogens is 4. The first-order valence-corrected chi connectivity index (χ1v) is 16.2. The van der Waals surface area contributed by atoms with Gasteiger partial charge in [-0.25, -0.2) is 28.3 Å². The number of hydrogen-bond donors (Lipinski definition) is 8. The Labute approximate surface area is 306 Å². The lowest BCUT2D eigenvalue weighted by Crippen LogP contribution is -2.06. The molecule has 2 aromatic carbocycles. The molecule has 0 aliphatic carbocycles. The molecule has 16 nitrogen and oxygen atoms in total. The van der Waals surface area contributed by atoms with Crippen molar-refractivity contribution in [1.29, 1.82) is 0 Å². The van der Waals surface area contributed by atoms with E-state index in [-0.39, 0.29) is 56.5 Å². The summed E-state index contributed by atoms with van der Waals surface area (Å²) >= 11 is 1.22. The zero-order chi connectivity index (χ0) is 39.5. The highest BCUT2D eigenvalue weighted by molar-refractivity contribution is 7.97. The third kappa shape index (κ3) is 13.4. The Hall–Kier alpha value is -6.89. The maximum atomic E-state index is 14.1. The van der Waals surface area contributed by atoms with Gasteiger partial charge < -0.3 is 43.8 Å². The van der Waals surface area contributed by atoms with Crippen molar-refractivity contribution in [3.8, 4) is 0 Å². The van der Waals surface area contributed by atoms with Crippen molar-refractivity contribution in [2.75, 3.05) is 24.7 Å². The minimum atomic E-state index is -1.24. The summed E-state index contributed by atoms with van der Waals surface area (Å²) in [5.41, 5.74) is 22.8. The SMILES string of the molecule is CNc1cc(CSCc2cc(NC)c(C(=O)O)cc2F)c(F)cc1C(=O)O.N/C(C=O)=C\C=C(/N)n1ccnc1.N/C(C=O)=C\C=C(/N)n1ccnc1. The van der Waals surface area contributed by atoms with Crippen molar-refractivity contribution in [2.24, 2.45) is 22.9 Å². The van der Waals surface area contributed by atoms with E-state index in [4.69, 9.17) is 33.1 Å². The first-order valence-electron chi connectivity index (χ1n) is 15.0. The van der Waals surface area contributed by atoms with E-state index in [0.29, 0.717) is 24.2 Å². The van der Waals surface area contributed by atoms with E-state index in [1.807, 2.05) is 0 Å². The lowest BCUT2D eigenvalue weighted by molar-refractivity contribution is -0.105. The quantitative estimate of drug-likeness (QED) is 0.0522. The van der Waals surface area contributed by atoms with Gasteiger partial charge in [-0.2, -0.15) is 11.8 Å². The van der Waals surface area contributed by atoms with Gasteiger partial charge >= 0.3 is 11.9 Å². The van der Waals surface area contributed by atoms with E-state index < -0.39 is 23.6 Å². The van der Waals surface area contributed by atoms with Gasteiger partial charge in [-0.3, -0.25) is 18.7 Å². The van der Waals surface area contributed by atoms with Gasteiger partial charge in [0.05, 0.1) is 22.5 Å². The number of thioether (sulfide) groups is 1. The van der Waals surface area contributed by atoms with Gasteiger partial charge in [0.25, 0.3) is 0 Å². The number of allylic oxidation sites excluding steroid dienone is 6. The Morgan fingerprint density at radius 1 is 0.717 bits per heavy atom. The van der Waals surface area contributed by atoms with Crippen molar-refractivity contribution in [3.05, 3.63) is 131 Å². The lowest BCUT2D eigenvalue weighted by atomic mass is 10.1. The number of nitrogens with one attached hydrogen (secondary N) is 2. The highest BCUT2D eigenvalue weighted by atomic mass is 32.2. The zero-order valence-electron chi connectivity index (χ0n) is 28.4. The van der Waals surface area contributed by atoms with Crippen LogP contribution in [0.25, 0.3) is 11.6 Å². The summed E-state index contributed by atoms with van der Waals surface area (Å²) in [6, 6.07) is 4.72. The van der Waals surface area contributed by atoms with Gasteiger partial charge in [-0.15, -0.1) is 0 Å². The molecule has 280 valence electrons. The number of nitrogens with zero attached hydrogens (tertiary/aromatic N) is 4. The molecule has 0 spiro atoms. The zero-order valence-corrected chi connectivity index (χ0v) is 29.3. The molecule has 0 bridgehead atoms. The number of nitrogens with two attached hydrogens (primary N) is 4. The van der Waals surface area contributed by atoms with Gasteiger partial charge in [0.2, 0.25) is 0 Å². The van der Waals surface area contributed by atoms with Crippen LogP contribution in [0.3, 0.4) is 0 Å². The monoisotopic (exact) mass is 752 g/mol. The summed E-state index contributed by atoms with van der Waals surface area (Å²) in [5, 5.41) is 23.6. The van der Waals surface area contributed by atoms with Crippen molar-refractivity contribution < 1.29 is 38.2 Å². The van der Waals surface area contributed by atoms with Crippen LogP contribution in [0.1, 0.15) is 31.8 Å². The second kappa shape index (κ2) is 21.4. The molecule has 12 N–H and O–H groups in total. The van der Waals surface area contributed by atoms with E-state index in [9.17, 15) is 28.0 Å². The van der Waals surface area contributed by atoms with Gasteiger partial charge in [0.15, 0.2) is 12.6 Å². The third-order valence-electron chi connectivity index (χ3n) is 6.66. The number of hydrogen-bond acceptors (Lipinski definition) is 13. The Bertz CT molecular complexity index is 1850. The highest BCUT2D eigenvalue weighted by Gasteiger charge is 2.17. The molecule has 0 amide bonds. The van der Waals surface area contributed by atoms with Gasteiger partial charge in [0.1, 0.15) is 35.9 Å². The topological polar surface area (TPSA) is 273 Å². The van der Waals surface area contributed by atoms with E-state index >= 15 is 0 Å². The van der Waals surface area contributed by atoms with Crippen LogP contribution in [-0.4, -0.2) is 67.9 Å². The Kier molecular flexibility index (Phi) is 17.0. The number of aromatic carboxylic acids is 2. The van der Waals surface area contributed by atoms with Crippen LogP contribution in [0.4, 0.5) is 20.2 Å². The first kappa shape index (κ1) is 42.3. The Morgan fingerprint density at radius 3 is 1.38 bits per heavy atom. The molecule has 19 heteroatoms. The van der Waals surface area contributed by atoms with Gasteiger partial charge in [-0.1, -0.05) is 0 Å². The number of carbonyl (C=O) groups is 4. The maximum absolute atomic E-state index is 14.1. The number of halogens is 2.